The summed E-state index contributed by atoms with van der Waals surface area (Å²) in [4.78, 5) is 6.33. The Morgan fingerprint density at radius 1 is 1.19 bits per heavy atom. The quantitative estimate of drug-likeness (QED) is 0.548. The zero-order chi connectivity index (χ0) is 19.8. The van der Waals surface area contributed by atoms with Crippen molar-refractivity contribution < 1.29 is 8.91 Å². The molecule has 148 valence electrons. The number of nitrogens with zero attached hydrogens (tertiary/aromatic N) is 3. The molecule has 0 bridgehead atoms. The number of hydrogen-bond donors (Lipinski definition) is 2. The molecule has 0 spiro atoms. The van der Waals surface area contributed by atoms with Crippen LogP contribution in [0, 0.1) is 5.82 Å². The molecule has 1 aromatic heterocycles. The van der Waals surface area contributed by atoms with Crippen LogP contribution in [0.1, 0.15) is 43.4 Å². The maximum atomic E-state index is 14.1. The Morgan fingerprint density at radius 2 is 1.96 bits per heavy atom. The standard InChI is InChI=1S/C20H30FN5O/c1-6-17-15(19(7-2)27-25-17)13-24-20(22-8-3)23-12-14-9-10-18(26(4)5)16(21)11-14/h9-11H,6-8,12-13H2,1-5H3,(H2,22,23,24). The second kappa shape index (κ2) is 9.94. The van der Waals surface area contributed by atoms with Crippen LogP contribution in [0.3, 0.4) is 0 Å². The summed E-state index contributed by atoms with van der Waals surface area (Å²) >= 11 is 0. The van der Waals surface area contributed by atoms with E-state index in [2.05, 4.69) is 34.6 Å². The van der Waals surface area contributed by atoms with Crippen molar-refractivity contribution in [2.45, 2.75) is 46.7 Å². The van der Waals surface area contributed by atoms with Crippen molar-refractivity contribution in [1.29, 1.82) is 0 Å². The zero-order valence-electron chi connectivity index (χ0n) is 16.9. The Labute approximate surface area is 160 Å². The van der Waals surface area contributed by atoms with Gasteiger partial charge in [-0.1, -0.05) is 25.1 Å². The number of aryl methyl sites for hydroxylation is 2. The topological polar surface area (TPSA) is 65.7 Å². The van der Waals surface area contributed by atoms with Gasteiger partial charge in [-0.15, -0.1) is 0 Å². The molecule has 0 aliphatic heterocycles. The summed E-state index contributed by atoms with van der Waals surface area (Å²) in [5, 5.41) is 10.7. The molecule has 7 heteroatoms. The highest BCUT2D eigenvalue weighted by atomic mass is 19.1. The lowest BCUT2D eigenvalue weighted by molar-refractivity contribution is 0.380. The van der Waals surface area contributed by atoms with Crippen molar-refractivity contribution in [3.8, 4) is 0 Å². The molecular weight excluding hydrogens is 345 g/mol. The van der Waals surface area contributed by atoms with Crippen LogP contribution in [0.2, 0.25) is 0 Å². The molecule has 0 fully saturated rings. The molecule has 0 aliphatic rings. The Bertz CT molecular complexity index is 748. The van der Waals surface area contributed by atoms with Gasteiger partial charge in [0.2, 0.25) is 0 Å². The number of benzene rings is 1. The van der Waals surface area contributed by atoms with E-state index in [1.807, 2.05) is 27.1 Å². The summed E-state index contributed by atoms with van der Waals surface area (Å²) in [5.74, 6) is 1.34. The fraction of sp³-hybridized carbons (Fsp3) is 0.500. The molecule has 2 aromatic rings. The first-order valence-corrected chi connectivity index (χ1v) is 9.44. The van der Waals surface area contributed by atoms with Crippen LogP contribution < -0.4 is 15.5 Å². The summed E-state index contributed by atoms with van der Waals surface area (Å²) in [7, 11) is 3.65. The molecule has 0 amide bonds. The lowest BCUT2D eigenvalue weighted by atomic mass is 10.1. The Morgan fingerprint density at radius 3 is 2.56 bits per heavy atom. The molecule has 2 rings (SSSR count). The van der Waals surface area contributed by atoms with Crippen LogP contribution in [0.15, 0.2) is 27.7 Å². The van der Waals surface area contributed by atoms with Crippen LogP contribution >= 0.6 is 0 Å². The summed E-state index contributed by atoms with van der Waals surface area (Å²) in [5.41, 5.74) is 3.45. The number of halogens is 1. The first-order chi connectivity index (χ1) is 13.0. The van der Waals surface area contributed by atoms with E-state index in [9.17, 15) is 4.39 Å². The number of aliphatic imine (C=N–C) groups is 1. The number of aromatic nitrogens is 1. The predicted molar refractivity (Wildman–Crippen MR) is 108 cm³/mol. The van der Waals surface area contributed by atoms with E-state index in [1.54, 1.807) is 11.0 Å². The molecule has 0 atom stereocenters. The summed E-state index contributed by atoms with van der Waals surface area (Å²) in [6, 6.07) is 5.21. The fourth-order valence-electron chi connectivity index (χ4n) is 2.83. The van der Waals surface area contributed by atoms with Gasteiger partial charge in [0.05, 0.1) is 17.9 Å². The van der Waals surface area contributed by atoms with Crippen molar-refractivity contribution in [2.24, 2.45) is 4.99 Å². The molecule has 1 aromatic carbocycles. The average Bonchev–Trinajstić information content (AvgIpc) is 3.05. The minimum Gasteiger partial charge on any atom is -0.375 e. The average molecular weight is 375 g/mol. The molecular formula is C20H30FN5O. The van der Waals surface area contributed by atoms with Crippen molar-refractivity contribution in [3.05, 3.63) is 46.6 Å². The van der Waals surface area contributed by atoms with Gasteiger partial charge in [0, 0.05) is 39.2 Å². The van der Waals surface area contributed by atoms with E-state index in [1.165, 1.54) is 6.07 Å². The number of anilines is 1. The minimum absolute atomic E-state index is 0.240. The smallest absolute Gasteiger partial charge is 0.191 e. The maximum absolute atomic E-state index is 14.1. The number of nitrogens with one attached hydrogen (secondary N) is 2. The first kappa shape index (κ1) is 20.7. The molecule has 2 N–H and O–H groups in total. The normalized spacial score (nSPS) is 11.6. The van der Waals surface area contributed by atoms with E-state index in [-0.39, 0.29) is 5.82 Å². The maximum Gasteiger partial charge on any atom is 0.191 e. The number of guanidine groups is 1. The van der Waals surface area contributed by atoms with Crippen molar-refractivity contribution in [1.82, 2.24) is 15.8 Å². The van der Waals surface area contributed by atoms with E-state index in [0.29, 0.717) is 24.7 Å². The van der Waals surface area contributed by atoms with Gasteiger partial charge in [0.1, 0.15) is 11.6 Å². The monoisotopic (exact) mass is 375 g/mol. The van der Waals surface area contributed by atoms with Gasteiger partial charge in [-0.05, 0) is 31.0 Å². The van der Waals surface area contributed by atoms with Gasteiger partial charge in [-0.3, -0.25) is 0 Å². The molecule has 6 nitrogen and oxygen atoms in total. The third-order valence-electron chi connectivity index (χ3n) is 4.30. The third-order valence-corrected chi connectivity index (χ3v) is 4.30. The Kier molecular flexibility index (Phi) is 7.64. The Hall–Kier alpha value is -2.57. The summed E-state index contributed by atoms with van der Waals surface area (Å²) in [6.45, 7) is 7.85. The van der Waals surface area contributed by atoms with Crippen LogP contribution in [-0.4, -0.2) is 31.8 Å². The molecule has 0 radical (unpaired) electrons. The number of rotatable bonds is 8. The summed E-state index contributed by atoms with van der Waals surface area (Å²) < 4.78 is 19.5. The SMILES string of the molecule is CCNC(=NCc1ccc(N(C)C)c(F)c1)NCc1c(CC)noc1CC. The molecule has 0 unspecified atom stereocenters. The van der Waals surface area contributed by atoms with Crippen LogP contribution in [0.25, 0.3) is 0 Å². The predicted octanol–water partition coefficient (Wildman–Crippen LogP) is 3.26. The third kappa shape index (κ3) is 5.45. The Balaban J connectivity index is 2.08. The lowest BCUT2D eigenvalue weighted by Crippen LogP contribution is -2.37. The van der Waals surface area contributed by atoms with Crippen LogP contribution in [0.5, 0.6) is 0 Å². The van der Waals surface area contributed by atoms with Crippen molar-refractivity contribution in [2.75, 3.05) is 25.5 Å². The largest absolute Gasteiger partial charge is 0.375 e. The minimum atomic E-state index is -0.240. The van der Waals surface area contributed by atoms with Gasteiger partial charge in [0.25, 0.3) is 0 Å². The van der Waals surface area contributed by atoms with E-state index in [4.69, 9.17) is 4.52 Å². The molecule has 0 aliphatic carbocycles. The number of hydrogen-bond acceptors (Lipinski definition) is 4. The summed E-state index contributed by atoms with van der Waals surface area (Å²) in [6.07, 6.45) is 1.63. The molecule has 27 heavy (non-hydrogen) atoms. The second-order valence-electron chi connectivity index (χ2n) is 6.47. The molecule has 0 saturated carbocycles. The van der Waals surface area contributed by atoms with Crippen molar-refractivity contribution in [3.63, 3.8) is 0 Å². The van der Waals surface area contributed by atoms with Crippen LogP contribution in [0.4, 0.5) is 10.1 Å². The van der Waals surface area contributed by atoms with Gasteiger partial charge in [-0.2, -0.15) is 0 Å². The highest BCUT2D eigenvalue weighted by Gasteiger charge is 2.13. The second-order valence-corrected chi connectivity index (χ2v) is 6.47. The van der Waals surface area contributed by atoms with Crippen molar-refractivity contribution >= 4 is 11.6 Å². The van der Waals surface area contributed by atoms with Crippen LogP contribution in [-0.2, 0) is 25.9 Å². The van der Waals surface area contributed by atoms with E-state index < -0.39 is 0 Å². The van der Waals surface area contributed by atoms with Gasteiger partial charge in [0.15, 0.2) is 5.96 Å². The first-order valence-electron chi connectivity index (χ1n) is 9.44. The highest BCUT2D eigenvalue weighted by molar-refractivity contribution is 5.79. The molecule has 0 saturated heterocycles. The van der Waals surface area contributed by atoms with Gasteiger partial charge >= 0.3 is 0 Å². The highest BCUT2D eigenvalue weighted by Crippen LogP contribution is 2.19. The van der Waals surface area contributed by atoms with E-state index >= 15 is 0 Å². The molecule has 1 heterocycles. The van der Waals surface area contributed by atoms with E-state index in [0.717, 1.165) is 42.0 Å². The zero-order valence-corrected chi connectivity index (χ0v) is 16.9. The lowest BCUT2D eigenvalue weighted by Gasteiger charge is -2.14. The van der Waals surface area contributed by atoms with Gasteiger partial charge in [-0.25, -0.2) is 9.38 Å². The fourth-order valence-corrected chi connectivity index (χ4v) is 2.83. The van der Waals surface area contributed by atoms with Gasteiger partial charge < -0.3 is 20.1 Å².